The second-order valence-electron chi connectivity index (χ2n) is 5.22. The number of nitrogens with zero attached hydrogens (tertiary/aromatic N) is 1. The number of rotatable bonds is 7. The third kappa shape index (κ3) is 5.95. The lowest BCUT2D eigenvalue weighted by molar-refractivity contribution is 0.242. The standard InChI is InChI=1S/C16H27N3O/c1-5-13(6-2)11-18-16(17)19-14-7-9-15(10-8-14)20-12(3)4/h7-10,12-13H,5-6,11H2,1-4H3,(H3,17,18,19). The molecule has 0 spiro atoms. The molecule has 1 rings (SSSR count). The van der Waals surface area contributed by atoms with E-state index in [2.05, 4.69) is 24.2 Å². The highest BCUT2D eigenvalue weighted by molar-refractivity contribution is 5.92. The lowest BCUT2D eigenvalue weighted by Crippen LogP contribution is -2.23. The number of nitrogens with one attached hydrogen (secondary N) is 1. The summed E-state index contributed by atoms with van der Waals surface area (Å²) in [5, 5.41) is 3.10. The Morgan fingerprint density at radius 3 is 2.30 bits per heavy atom. The molecule has 0 radical (unpaired) electrons. The molecule has 0 bridgehead atoms. The molecule has 4 heteroatoms. The fourth-order valence-corrected chi connectivity index (χ4v) is 1.85. The molecule has 0 saturated heterocycles. The number of guanidine groups is 1. The van der Waals surface area contributed by atoms with Crippen LogP contribution in [0.3, 0.4) is 0 Å². The third-order valence-electron chi connectivity index (χ3n) is 3.17. The zero-order chi connectivity index (χ0) is 15.0. The summed E-state index contributed by atoms with van der Waals surface area (Å²) in [4.78, 5) is 4.38. The van der Waals surface area contributed by atoms with Gasteiger partial charge in [0.25, 0.3) is 0 Å². The van der Waals surface area contributed by atoms with Crippen molar-refractivity contribution in [2.45, 2.75) is 46.6 Å². The molecular formula is C16H27N3O. The number of anilines is 1. The molecule has 3 N–H and O–H groups in total. The van der Waals surface area contributed by atoms with Gasteiger partial charge in [0.05, 0.1) is 6.10 Å². The summed E-state index contributed by atoms with van der Waals surface area (Å²) < 4.78 is 5.59. The van der Waals surface area contributed by atoms with E-state index in [1.165, 1.54) is 0 Å². The first-order chi connectivity index (χ1) is 9.55. The zero-order valence-electron chi connectivity index (χ0n) is 13.0. The van der Waals surface area contributed by atoms with Crippen molar-refractivity contribution in [3.8, 4) is 5.75 Å². The van der Waals surface area contributed by atoms with Gasteiger partial charge in [0, 0.05) is 12.2 Å². The summed E-state index contributed by atoms with van der Waals surface area (Å²) in [6.45, 7) is 9.16. The Balaban J connectivity index is 2.53. The first-order valence-electron chi connectivity index (χ1n) is 7.38. The van der Waals surface area contributed by atoms with Crippen molar-refractivity contribution in [1.82, 2.24) is 0 Å². The number of hydrogen-bond donors (Lipinski definition) is 2. The van der Waals surface area contributed by atoms with Crippen molar-refractivity contribution in [3.63, 3.8) is 0 Å². The number of aliphatic imine (C=N–C) groups is 1. The fraction of sp³-hybridized carbons (Fsp3) is 0.562. The van der Waals surface area contributed by atoms with Crippen LogP contribution in [0.25, 0.3) is 0 Å². The minimum absolute atomic E-state index is 0.181. The maximum atomic E-state index is 5.89. The second-order valence-corrected chi connectivity index (χ2v) is 5.22. The molecule has 0 heterocycles. The van der Waals surface area contributed by atoms with Crippen molar-refractivity contribution < 1.29 is 4.74 Å². The number of hydrogen-bond acceptors (Lipinski definition) is 2. The molecule has 0 unspecified atom stereocenters. The summed E-state index contributed by atoms with van der Waals surface area (Å²) in [5.41, 5.74) is 6.81. The van der Waals surface area contributed by atoms with Gasteiger partial charge < -0.3 is 15.8 Å². The van der Waals surface area contributed by atoms with Crippen LogP contribution in [0.2, 0.25) is 0 Å². The molecule has 0 aliphatic rings. The van der Waals surface area contributed by atoms with Crippen LogP contribution in [0, 0.1) is 5.92 Å². The van der Waals surface area contributed by atoms with Gasteiger partial charge in [-0.3, -0.25) is 4.99 Å². The van der Waals surface area contributed by atoms with Crippen molar-refractivity contribution in [1.29, 1.82) is 0 Å². The molecule has 4 nitrogen and oxygen atoms in total. The molecular weight excluding hydrogens is 250 g/mol. The number of benzene rings is 1. The van der Waals surface area contributed by atoms with E-state index in [-0.39, 0.29) is 6.10 Å². The van der Waals surface area contributed by atoms with Crippen LogP contribution in [0.1, 0.15) is 40.5 Å². The smallest absolute Gasteiger partial charge is 0.193 e. The maximum Gasteiger partial charge on any atom is 0.193 e. The summed E-state index contributed by atoms with van der Waals surface area (Å²) in [6.07, 6.45) is 2.45. The first kappa shape index (κ1) is 16.3. The maximum absolute atomic E-state index is 5.89. The molecule has 0 amide bonds. The van der Waals surface area contributed by atoms with E-state index in [1.54, 1.807) is 0 Å². The lowest BCUT2D eigenvalue weighted by Gasteiger charge is -2.12. The van der Waals surface area contributed by atoms with Crippen LogP contribution in [-0.4, -0.2) is 18.6 Å². The minimum Gasteiger partial charge on any atom is -0.491 e. The average molecular weight is 277 g/mol. The highest BCUT2D eigenvalue weighted by atomic mass is 16.5. The molecule has 0 aliphatic heterocycles. The van der Waals surface area contributed by atoms with E-state index in [1.807, 2.05) is 38.1 Å². The van der Waals surface area contributed by atoms with Gasteiger partial charge in [-0.15, -0.1) is 0 Å². The van der Waals surface area contributed by atoms with Gasteiger partial charge in [-0.05, 0) is 44.0 Å². The Hall–Kier alpha value is -1.71. The van der Waals surface area contributed by atoms with Crippen LogP contribution >= 0.6 is 0 Å². The predicted molar refractivity (Wildman–Crippen MR) is 86.4 cm³/mol. The SMILES string of the molecule is CCC(CC)CN=C(N)Nc1ccc(OC(C)C)cc1. The van der Waals surface area contributed by atoms with E-state index in [0.29, 0.717) is 11.9 Å². The van der Waals surface area contributed by atoms with Gasteiger partial charge in [0.1, 0.15) is 5.75 Å². The molecule has 112 valence electrons. The van der Waals surface area contributed by atoms with E-state index in [4.69, 9.17) is 10.5 Å². The summed E-state index contributed by atoms with van der Waals surface area (Å²) in [5.74, 6) is 1.93. The largest absolute Gasteiger partial charge is 0.491 e. The highest BCUT2D eigenvalue weighted by Crippen LogP contribution is 2.16. The topological polar surface area (TPSA) is 59.6 Å². The monoisotopic (exact) mass is 277 g/mol. The van der Waals surface area contributed by atoms with E-state index in [0.717, 1.165) is 30.8 Å². The van der Waals surface area contributed by atoms with Crippen LogP contribution < -0.4 is 15.8 Å². The van der Waals surface area contributed by atoms with Gasteiger partial charge >= 0.3 is 0 Å². The molecule has 1 aromatic carbocycles. The highest BCUT2D eigenvalue weighted by Gasteiger charge is 2.03. The second kappa shape index (κ2) is 8.46. The molecule has 0 fully saturated rings. The molecule has 0 saturated carbocycles. The van der Waals surface area contributed by atoms with Crippen molar-refractivity contribution in [2.75, 3.05) is 11.9 Å². The Labute approximate surface area is 122 Å². The Bertz CT molecular complexity index is 408. The Morgan fingerprint density at radius 2 is 1.80 bits per heavy atom. The van der Waals surface area contributed by atoms with E-state index < -0.39 is 0 Å². The fourth-order valence-electron chi connectivity index (χ4n) is 1.85. The van der Waals surface area contributed by atoms with Gasteiger partial charge in [-0.25, -0.2) is 0 Å². The van der Waals surface area contributed by atoms with Crippen LogP contribution in [-0.2, 0) is 0 Å². The minimum atomic E-state index is 0.181. The molecule has 0 atom stereocenters. The van der Waals surface area contributed by atoms with Gasteiger partial charge in [0.2, 0.25) is 0 Å². The Kier molecular flexibility index (Phi) is 6.91. The van der Waals surface area contributed by atoms with Crippen LogP contribution in [0.15, 0.2) is 29.3 Å². The molecule has 0 aliphatic carbocycles. The lowest BCUT2D eigenvalue weighted by atomic mass is 10.0. The quantitative estimate of drug-likeness (QED) is 0.591. The summed E-state index contributed by atoms with van der Waals surface area (Å²) in [7, 11) is 0. The van der Waals surface area contributed by atoms with E-state index >= 15 is 0 Å². The van der Waals surface area contributed by atoms with Crippen molar-refractivity contribution in [2.24, 2.45) is 16.6 Å². The van der Waals surface area contributed by atoms with E-state index in [9.17, 15) is 0 Å². The van der Waals surface area contributed by atoms with Crippen LogP contribution in [0.5, 0.6) is 5.75 Å². The van der Waals surface area contributed by atoms with Crippen molar-refractivity contribution in [3.05, 3.63) is 24.3 Å². The summed E-state index contributed by atoms with van der Waals surface area (Å²) in [6, 6.07) is 7.74. The van der Waals surface area contributed by atoms with Gasteiger partial charge in [-0.2, -0.15) is 0 Å². The number of ether oxygens (including phenoxy) is 1. The molecule has 20 heavy (non-hydrogen) atoms. The first-order valence-corrected chi connectivity index (χ1v) is 7.38. The molecule has 0 aromatic heterocycles. The molecule has 1 aromatic rings. The van der Waals surface area contributed by atoms with Gasteiger partial charge in [-0.1, -0.05) is 26.7 Å². The van der Waals surface area contributed by atoms with Crippen molar-refractivity contribution >= 4 is 11.6 Å². The van der Waals surface area contributed by atoms with Gasteiger partial charge in [0.15, 0.2) is 5.96 Å². The van der Waals surface area contributed by atoms with Crippen LogP contribution in [0.4, 0.5) is 5.69 Å². The Morgan fingerprint density at radius 1 is 1.20 bits per heavy atom. The number of nitrogens with two attached hydrogens (primary N) is 1. The predicted octanol–water partition coefficient (Wildman–Crippen LogP) is 3.64. The third-order valence-corrected chi connectivity index (χ3v) is 3.17. The summed E-state index contributed by atoms with van der Waals surface area (Å²) >= 11 is 0. The zero-order valence-corrected chi connectivity index (χ0v) is 13.0. The average Bonchev–Trinajstić information content (AvgIpc) is 2.41. The normalized spacial score (nSPS) is 12.0.